The average Bonchev–Trinajstić information content (AvgIpc) is 2.53. The predicted molar refractivity (Wildman–Crippen MR) is 87.3 cm³/mol. The van der Waals surface area contributed by atoms with Gasteiger partial charge in [0.2, 0.25) is 11.8 Å². The van der Waals surface area contributed by atoms with Gasteiger partial charge in [-0.2, -0.15) is 0 Å². The van der Waals surface area contributed by atoms with Gasteiger partial charge in [-0.05, 0) is 42.9 Å². The Labute approximate surface area is 137 Å². The summed E-state index contributed by atoms with van der Waals surface area (Å²) >= 11 is 0. The maximum absolute atomic E-state index is 13.2. The number of piperidine rings is 1. The number of halogens is 1. The number of hydrogen-bond acceptors (Lipinski definition) is 2. The van der Waals surface area contributed by atoms with Crippen molar-refractivity contribution in [3.63, 3.8) is 0 Å². The number of nitrogens with zero attached hydrogens (tertiary/aromatic N) is 1. The molecule has 0 radical (unpaired) electrons. The minimum absolute atomic E-state index is 0.0279. The lowest BCUT2D eigenvalue weighted by atomic mass is 9.97. The zero-order valence-corrected chi connectivity index (χ0v) is 13.7. The van der Waals surface area contributed by atoms with Crippen molar-refractivity contribution in [2.24, 2.45) is 5.92 Å². The van der Waals surface area contributed by atoms with E-state index in [1.807, 2.05) is 11.8 Å². The topological polar surface area (TPSA) is 49.4 Å². The quantitative estimate of drug-likeness (QED) is 0.875. The lowest BCUT2D eigenvalue weighted by Gasteiger charge is -2.33. The van der Waals surface area contributed by atoms with Crippen LogP contribution < -0.4 is 5.32 Å². The second-order valence-electron chi connectivity index (χ2n) is 6.21. The van der Waals surface area contributed by atoms with Crippen molar-refractivity contribution in [3.05, 3.63) is 35.6 Å². The Bertz CT molecular complexity index is 548. The molecule has 1 saturated heterocycles. The summed E-state index contributed by atoms with van der Waals surface area (Å²) in [5.74, 6) is 0.0994. The van der Waals surface area contributed by atoms with E-state index in [2.05, 4.69) is 5.32 Å². The number of hydrogen-bond donors (Lipinski definition) is 1. The van der Waals surface area contributed by atoms with Gasteiger partial charge in [0.05, 0.1) is 6.42 Å². The maximum Gasteiger partial charge on any atom is 0.227 e. The molecule has 0 spiro atoms. The van der Waals surface area contributed by atoms with Crippen LogP contribution in [0, 0.1) is 11.7 Å². The number of carbonyl (C=O) groups is 2. The highest BCUT2D eigenvalue weighted by atomic mass is 19.1. The third-order valence-electron chi connectivity index (χ3n) is 4.18. The van der Waals surface area contributed by atoms with E-state index in [0.29, 0.717) is 31.0 Å². The zero-order chi connectivity index (χ0) is 16.7. The first-order valence-corrected chi connectivity index (χ1v) is 8.37. The fourth-order valence-corrected chi connectivity index (χ4v) is 2.97. The van der Waals surface area contributed by atoms with E-state index in [1.165, 1.54) is 12.1 Å². The Balaban J connectivity index is 1.82. The molecule has 1 atom stereocenters. The molecule has 5 heteroatoms. The molecule has 0 aromatic heterocycles. The highest BCUT2D eigenvalue weighted by Gasteiger charge is 2.24. The van der Waals surface area contributed by atoms with Crippen LogP contribution in [0.4, 0.5) is 4.39 Å². The van der Waals surface area contributed by atoms with E-state index in [9.17, 15) is 14.0 Å². The first-order valence-electron chi connectivity index (χ1n) is 8.37. The molecule has 1 aliphatic rings. The number of rotatable bonds is 6. The van der Waals surface area contributed by atoms with E-state index < -0.39 is 0 Å². The summed E-state index contributed by atoms with van der Waals surface area (Å²) in [5.41, 5.74) is 0.702. The van der Waals surface area contributed by atoms with Crippen LogP contribution in [0.1, 0.15) is 38.2 Å². The van der Waals surface area contributed by atoms with Gasteiger partial charge in [-0.15, -0.1) is 0 Å². The van der Waals surface area contributed by atoms with Crippen LogP contribution in [-0.4, -0.2) is 36.3 Å². The van der Waals surface area contributed by atoms with Gasteiger partial charge in [0, 0.05) is 26.1 Å². The Morgan fingerprint density at radius 3 is 2.96 bits per heavy atom. The van der Waals surface area contributed by atoms with Crippen LogP contribution in [-0.2, 0) is 16.0 Å². The van der Waals surface area contributed by atoms with Crippen LogP contribution in [0.5, 0.6) is 0 Å². The summed E-state index contributed by atoms with van der Waals surface area (Å²) in [6, 6.07) is 6.18. The van der Waals surface area contributed by atoms with Crippen LogP contribution in [0.25, 0.3) is 0 Å². The van der Waals surface area contributed by atoms with Gasteiger partial charge >= 0.3 is 0 Å². The summed E-state index contributed by atoms with van der Waals surface area (Å²) in [6.07, 6.45) is 3.59. The number of amides is 2. The molecule has 4 nitrogen and oxygen atoms in total. The average molecular weight is 320 g/mol. The molecule has 23 heavy (non-hydrogen) atoms. The fraction of sp³-hybridized carbons (Fsp3) is 0.556. The molecule has 1 aromatic carbocycles. The largest absolute Gasteiger partial charge is 0.356 e. The molecule has 1 N–H and O–H groups in total. The summed E-state index contributed by atoms with van der Waals surface area (Å²) in [4.78, 5) is 25.8. The molecule has 1 aliphatic heterocycles. The molecule has 2 rings (SSSR count). The van der Waals surface area contributed by atoms with Gasteiger partial charge in [0.15, 0.2) is 0 Å². The van der Waals surface area contributed by atoms with E-state index in [1.54, 1.807) is 12.1 Å². The lowest BCUT2D eigenvalue weighted by Crippen LogP contribution is -2.44. The fourth-order valence-electron chi connectivity index (χ4n) is 2.97. The van der Waals surface area contributed by atoms with Crippen molar-refractivity contribution in [2.75, 3.05) is 19.6 Å². The van der Waals surface area contributed by atoms with Crippen LogP contribution in [0.15, 0.2) is 24.3 Å². The highest BCUT2D eigenvalue weighted by molar-refractivity contribution is 5.79. The maximum atomic E-state index is 13.2. The summed E-state index contributed by atoms with van der Waals surface area (Å²) in [7, 11) is 0. The standard InChI is InChI=1S/C18H25FN2O2/c1-2-5-17(22)20-12-15-7-4-9-21(13-15)18(23)11-14-6-3-8-16(19)10-14/h3,6,8,10,15H,2,4-5,7,9,11-13H2,1H3,(H,20,22)/t15-/m0/s1. The Morgan fingerprint density at radius 2 is 2.22 bits per heavy atom. The van der Waals surface area contributed by atoms with E-state index in [-0.39, 0.29) is 24.1 Å². The number of benzene rings is 1. The van der Waals surface area contributed by atoms with Gasteiger partial charge in [-0.3, -0.25) is 9.59 Å². The SMILES string of the molecule is CCCC(=O)NC[C@@H]1CCCN(C(=O)Cc2cccc(F)c2)C1. The van der Waals surface area contributed by atoms with Gasteiger partial charge in [0.1, 0.15) is 5.82 Å². The second kappa shape index (κ2) is 8.65. The summed E-state index contributed by atoms with van der Waals surface area (Å²) in [5, 5.41) is 2.94. The number of carbonyl (C=O) groups excluding carboxylic acids is 2. The molecular weight excluding hydrogens is 295 g/mol. The Hall–Kier alpha value is -1.91. The van der Waals surface area contributed by atoms with Crippen molar-refractivity contribution >= 4 is 11.8 Å². The Morgan fingerprint density at radius 1 is 1.39 bits per heavy atom. The first kappa shape index (κ1) is 17.4. The van der Waals surface area contributed by atoms with Crippen molar-refractivity contribution in [3.8, 4) is 0 Å². The van der Waals surface area contributed by atoms with Gasteiger partial charge in [-0.1, -0.05) is 19.1 Å². The number of nitrogens with one attached hydrogen (secondary N) is 1. The van der Waals surface area contributed by atoms with E-state index in [4.69, 9.17) is 0 Å². The molecular formula is C18H25FN2O2. The van der Waals surface area contributed by atoms with Crippen molar-refractivity contribution < 1.29 is 14.0 Å². The third-order valence-corrected chi connectivity index (χ3v) is 4.18. The molecule has 1 fully saturated rings. The monoisotopic (exact) mass is 320 g/mol. The minimum atomic E-state index is -0.314. The zero-order valence-electron chi connectivity index (χ0n) is 13.7. The molecule has 0 bridgehead atoms. The molecule has 0 unspecified atom stereocenters. The van der Waals surface area contributed by atoms with Crippen LogP contribution in [0.2, 0.25) is 0 Å². The summed E-state index contributed by atoms with van der Waals surface area (Å²) < 4.78 is 13.2. The predicted octanol–water partition coefficient (Wildman–Crippen LogP) is 2.52. The normalized spacial score (nSPS) is 17.8. The highest BCUT2D eigenvalue weighted by Crippen LogP contribution is 2.17. The summed E-state index contributed by atoms with van der Waals surface area (Å²) in [6.45, 7) is 4.02. The molecule has 2 amide bonds. The minimum Gasteiger partial charge on any atom is -0.356 e. The molecule has 0 aliphatic carbocycles. The van der Waals surface area contributed by atoms with Crippen LogP contribution in [0.3, 0.4) is 0 Å². The smallest absolute Gasteiger partial charge is 0.227 e. The molecule has 0 saturated carbocycles. The van der Waals surface area contributed by atoms with Gasteiger partial charge in [0.25, 0.3) is 0 Å². The van der Waals surface area contributed by atoms with E-state index in [0.717, 1.165) is 25.8 Å². The van der Waals surface area contributed by atoms with Crippen LogP contribution >= 0.6 is 0 Å². The number of likely N-dealkylation sites (tertiary alicyclic amines) is 1. The van der Waals surface area contributed by atoms with Crippen molar-refractivity contribution in [1.82, 2.24) is 10.2 Å². The van der Waals surface area contributed by atoms with E-state index >= 15 is 0 Å². The Kier molecular flexibility index (Phi) is 6.56. The van der Waals surface area contributed by atoms with Gasteiger partial charge < -0.3 is 10.2 Å². The molecule has 1 heterocycles. The molecule has 126 valence electrons. The van der Waals surface area contributed by atoms with Crippen molar-refractivity contribution in [2.45, 2.75) is 39.0 Å². The van der Waals surface area contributed by atoms with Gasteiger partial charge in [-0.25, -0.2) is 4.39 Å². The third kappa shape index (κ3) is 5.66. The molecule has 1 aromatic rings. The lowest BCUT2D eigenvalue weighted by molar-refractivity contribution is -0.132. The first-order chi connectivity index (χ1) is 11.1. The van der Waals surface area contributed by atoms with Crippen molar-refractivity contribution in [1.29, 1.82) is 0 Å². The second-order valence-corrected chi connectivity index (χ2v) is 6.21.